The molecule has 2 aromatic heterocycles. The van der Waals surface area contributed by atoms with Gasteiger partial charge in [-0.15, -0.1) is 0 Å². The molecule has 9 aromatic rings. The molecule has 0 aliphatic heterocycles. The van der Waals surface area contributed by atoms with Crippen molar-refractivity contribution in [3.8, 4) is 28.2 Å². The van der Waals surface area contributed by atoms with Gasteiger partial charge in [0.25, 0.3) is 0 Å². The molecule has 0 N–H and O–H groups in total. The number of benzene rings is 7. The van der Waals surface area contributed by atoms with Crippen molar-refractivity contribution in [1.29, 1.82) is 0 Å². The number of fused-ring (bicyclic) bond motifs is 8. The lowest BCUT2D eigenvalue weighted by Crippen LogP contribution is -2.06. The van der Waals surface area contributed by atoms with E-state index in [9.17, 15) is 0 Å². The van der Waals surface area contributed by atoms with E-state index in [0.717, 1.165) is 55.4 Å². The number of rotatable bonds is 4. The third-order valence-corrected chi connectivity index (χ3v) is 9.19. The number of nitrogens with zero attached hydrogens (tertiary/aromatic N) is 2. The molecule has 0 radical (unpaired) electrons. The van der Waals surface area contributed by atoms with E-state index >= 15 is 0 Å². The average Bonchev–Trinajstić information content (AvgIpc) is 3.67. The predicted molar refractivity (Wildman–Crippen MR) is 188 cm³/mol. The Labute approximate surface area is 261 Å². The van der Waals surface area contributed by atoms with Crippen LogP contribution in [0.4, 0.5) is 0 Å². The number of furan rings is 1. The second kappa shape index (κ2) is 9.93. The van der Waals surface area contributed by atoms with E-state index < -0.39 is 0 Å². The number of hydrogen-bond acceptors (Lipinski definition) is 2. The quantitative estimate of drug-likeness (QED) is 0.195. The van der Waals surface area contributed by atoms with Crippen LogP contribution in [0.15, 0.2) is 144 Å². The topological polar surface area (TPSA) is 31.0 Å². The standard InChI is InChI=1S/C42H30N2O/c1-26(2)29-16-10-17-31(27-12-4-3-5-13-27)39(29)44-38-21-9-8-20-37(38)43-42(44)36-19-11-18-33-35-25-24-32-30-15-7-6-14-28(30)22-23-34(32)40(35)45-41(33)36/h3-26H,1-2H3. The second-order valence-electron chi connectivity index (χ2n) is 12.1. The third kappa shape index (κ3) is 3.87. The molecule has 3 nitrogen and oxygen atoms in total. The van der Waals surface area contributed by atoms with E-state index in [0.29, 0.717) is 5.92 Å². The highest BCUT2D eigenvalue weighted by Crippen LogP contribution is 2.43. The van der Waals surface area contributed by atoms with Crippen LogP contribution in [0.5, 0.6) is 0 Å². The fraction of sp³-hybridized carbons (Fsp3) is 0.0714. The summed E-state index contributed by atoms with van der Waals surface area (Å²) in [6.45, 7) is 4.53. The molecular weight excluding hydrogens is 548 g/mol. The van der Waals surface area contributed by atoms with Gasteiger partial charge in [0.15, 0.2) is 0 Å². The maximum Gasteiger partial charge on any atom is 0.149 e. The second-order valence-corrected chi connectivity index (χ2v) is 12.1. The molecule has 0 aliphatic rings. The first-order chi connectivity index (χ1) is 22.2. The molecular formula is C42H30N2O. The Hall–Kier alpha value is -5.67. The van der Waals surface area contributed by atoms with E-state index in [4.69, 9.17) is 9.40 Å². The van der Waals surface area contributed by atoms with Crippen molar-refractivity contribution in [3.63, 3.8) is 0 Å². The molecule has 0 aliphatic carbocycles. The summed E-state index contributed by atoms with van der Waals surface area (Å²) < 4.78 is 9.29. The van der Waals surface area contributed by atoms with Gasteiger partial charge < -0.3 is 4.42 Å². The Morgan fingerprint density at radius 1 is 0.533 bits per heavy atom. The van der Waals surface area contributed by atoms with Gasteiger partial charge in [-0.05, 0) is 63.5 Å². The molecule has 0 amide bonds. The summed E-state index contributed by atoms with van der Waals surface area (Å²) in [5.74, 6) is 1.18. The summed E-state index contributed by atoms with van der Waals surface area (Å²) in [6.07, 6.45) is 0. The lowest BCUT2D eigenvalue weighted by Gasteiger charge is -2.21. The average molecular weight is 579 g/mol. The molecule has 0 saturated heterocycles. The van der Waals surface area contributed by atoms with Gasteiger partial charge in [0.05, 0.1) is 22.3 Å². The largest absolute Gasteiger partial charge is 0.455 e. The SMILES string of the molecule is CC(C)c1cccc(-c2ccccc2)c1-n1c(-c2cccc3c2oc2c3ccc3c4ccccc4ccc32)nc2ccccc21. The van der Waals surface area contributed by atoms with Gasteiger partial charge in [0.2, 0.25) is 0 Å². The molecule has 214 valence electrons. The first kappa shape index (κ1) is 25.8. The van der Waals surface area contributed by atoms with Crippen LogP contribution in [0.1, 0.15) is 25.3 Å². The van der Waals surface area contributed by atoms with Crippen LogP contribution in [0.2, 0.25) is 0 Å². The van der Waals surface area contributed by atoms with Crippen molar-refractivity contribution in [3.05, 3.63) is 145 Å². The Morgan fingerprint density at radius 2 is 1.20 bits per heavy atom. The first-order valence-corrected chi connectivity index (χ1v) is 15.6. The van der Waals surface area contributed by atoms with Gasteiger partial charge in [0.1, 0.15) is 17.0 Å². The van der Waals surface area contributed by atoms with Crippen LogP contribution in [0, 0.1) is 0 Å². The fourth-order valence-electron chi connectivity index (χ4n) is 7.08. The summed E-state index contributed by atoms with van der Waals surface area (Å²) in [5, 5.41) is 7.00. The Kier molecular flexibility index (Phi) is 5.69. The van der Waals surface area contributed by atoms with E-state index in [2.05, 4.69) is 158 Å². The third-order valence-electron chi connectivity index (χ3n) is 9.19. The van der Waals surface area contributed by atoms with Gasteiger partial charge >= 0.3 is 0 Å². The summed E-state index contributed by atoms with van der Waals surface area (Å²) >= 11 is 0. The minimum absolute atomic E-state index is 0.306. The molecule has 0 fully saturated rings. The lowest BCUT2D eigenvalue weighted by molar-refractivity contribution is 0.673. The highest BCUT2D eigenvalue weighted by Gasteiger charge is 2.24. The van der Waals surface area contributed by atoms with Crippen molar-refractivity contribution >= 4 is 54.5 Å². The van der Waals surface area contributed by atoms with Crippen LogP contribution in [-0.2, 0) is 0 Å². The van der Waals surface area contributed by atoms with Crippen molar-refractivity contribution in [2.45, 2.75) is 19.8 Å². The molecule has 7 aromatic carbocycles. The zero-order valence-electron chi connectivity index (χ0n) is 25.2. The van der Waals surface area contributed by atoms with Gasteiger partial charge in [-0.1, -0.05) is 123 Å². The molecule has 0 unspecified atom stereocenters. The van der Waals surface area contributed by atoms with E-state index in [1.165, 1.54) is 32.8 Å². The Bertz CT molecular complexity index is 2570. The highest BCUT2D eigenvalue weighted by atomic mass is 16.3. The maximum atomic E-state index is 6.93. The van der Waals surface area contributed by atoms with Crippen molar-refractivity contribution in [1.82, 2.24) is 9.55 Å². The Balaban J connectivity index is 1.39. The zero-order valence-corrected chi connectivity index (χ0v) is 25.2. The molecule has 0 spiro atoms. The number of aromatic nitrogens is 2. The van der Waals surface area contributed by atoms with Crippen molar-refractivity contribution < 1.29 is 4.42 Å². The Morgan fingerprint density at radius 3 is 2.09 bits per heavy atom. The van der Waals surface area contributed by atoms with E-state index in [1.54, 1.807) is 0 Å². The smallest absolute Gasteiger partial charge is 0.149 e. The van der Waals surface area contributed by atoms with Crippen LogP contribution >= 0.6 is 0 Å². The van der Waals surface area contributed by atoms with E-state index in [1.807, 2.05) is 0 Å². The van der Waals surface area contributed by atoms with Crippen molar-refractivity contribution in [2.75, 3.05) is 0 Å². The number of imidazole rings is 1. The lowest BCUT2D eigenvalue weighted by atomic mass is 9.93. The molecule has 0 atom stereocenters. The molecule has 9 rings (SSSR count). The van der Waals surface area contributed by atoms with Crippen LogP contribution in [-0.4, -0.2) is 9.55 Å². The van der Waals surface area contributed by atoms with Gasteiger partial charge in [-0.25, -0.2) is 4.98 Å². The summed E-state index contributed by atoms with van der Waals surface area (Å²) in [7, 11) is 0. The summed E-state index contributed by atoms with van der Waals surface area (Å²) in [5.41, 5.74) is 9.57. The van der Waals surface area contributed by atoms with Crippen molar-refractivity contribution in [2.24, 2.45) is 0 Å². The number of hydrogen-bond donors (Lipinski definition) is 0. The van der Waals surface area contributed by atoms with E-state index in [-0.39, 0.29) is 0 Å². The summed E-state index contributed by atoms with van der Waals surface area (Å²) in [4.78, 5) is 5.32. The maximum absolute atomic E-state index is 6.93. The zero-order chi connectivity index (χ0) is 30.1. The van der Waals surface area contributed by atoms with Crippen LogP contribution < -0.4 is 0 Å². The van der Waals surface area contributed by atoms with Crippen LogP contribution in [0.25, 0.3) is 82.7 Å². The predicted octanol–water partition coefficient (Wildman–Crippen LogP) is 11.7. The highest BCUT2D eigenvalue weighted by molar-refractivity contribution is 6.21. The van der Waals surface area contributed by atoms with Gasteiger partial charge in [-0.3, -0.25) is 4.57 Å². The number of para-hydroxylation sites is 4. The molecule has 0 bridgehead atoms. The van der Waals surface area contributed by atoms with Gasteiger partial charge in [-0.2, -0.15) is 0 Å². The fourth-order valence-corrected chi connectivity index (χ4v) is 7.08. The molecule has 2 heterocycles. The monoisotopic (exact) mass is 578 g/mol. The molecule has 0 saturated carbocycles. The minimum Gasteiger partial charge on any atom is -0.455 e. The molecule has 3 heteroatoms. The minimum atomic E-state index is 0.306. The van der Waals surface area contributed by atoms with Crippen LogP contribution in [0.3, 0.4) is 0 Å². The first-order valence-electron chi connectivity index (χ1n) is 15.6. The summed E-state index contributed by atoms with van der Waals surface area (Å²) in [6, 6.07) is 49.6. The van der Waals surface area contributed by atoms with Gasteiger partial charge in [0, 0.05) is 21.7 Å². The normalized spacial score (nSPS) is 12.0. The molecule has 45 heavy (non-hydrogen) atoms.